The van der Waals surface area contributed by atoms with Crippen molar-refractivity contribution in [1.82, 2.24) is 10.2 Å². The van der Waals surface area contributed by atoms with E-state index in [2.05, 4.69) is 29.6 Å². The maximum atomic E-state index is 11.4. The quantitative estimate of drug-likeness (QED) is 0.571. The van der Waals surface area contributed by atoms with Crippen molar-refractivity contribution in [2.75, 3.05) is 0 Å². The van der Waals surface area contributed by atoms with Gasteiger partial charge in [-0.3, -0.25) is 14.7 Å². The summed E-state index contributed by atoms with van der Waals surface area (Å²) in [7, 11) is 0. The first-order chi connectivity index (χ1) is 15.8. The first-order valence-electron chi connectivity index (χ1n) is 10.6. The Hall–Kier alpha value is -4.12. The van der Waals surface area contributed by atoms with Crippen LogP contribution in [0.5, 0.6) is 0 Å². The third-order valence-corrected chi connectivity index (χ3v) is 5.60. The van der Waals surface area contributed by atoms with Gasteiger partial charge < -0.3 is 10.1 Å². The number of ether oxygens (including phenoxy) is 1. The minimum atomic E-state index is -0.212. The number of allylic oxidation sites excluding steroid dienone is 1. The fourth-order valence-corrected chi connectivity index (χ4v) is 4.12. The summed E-state index contributed by atoms with van der Waals surface area (Å²) < 4.78 is 5.50. The largest absolute Gasteiger partial charge is 0.410 e. The van der Waals surface area contributed by atoms with Crippen molar-refractivity contribution in [3.8, 4) is 0 Å². The summed E-state index contributed by atoms with van der Waals surface area (Å²) in [6.45, 7) is 0.489. The van der Waals surface area contributed by atoms with Gasteiger partial charge in [0.25, 0.3) is 6.47 Å². The highest BCUT2D eigenvalue weighted by molar-refractivity contribution is 5.97. The zero-order valence-electron chi connectivity index (χ0n) is 17.5. The standard InChI is InChI=1S/C27H23N3O2/c31-19-32-27-24(17-21-12-6-2-7-13-21)29-26-23(16-20-10-4-1-5-11-20)28-25(18-30(26)27)22-14-8-3-9-15-22/h1-15,18-19,26,29H,16-17H2. The summed E-state index contributed by atoms with van der Waals surface area (Å²) in [5, 5.41) is 3.56. The van der Waals surface area contributed by atoms with E-state index in [-0.39, 0.29) is 6.17 Å². The lowest BCUT2D eigenvalue weighted by Crippen LogP contribution is -2.44. The molecule has 2 heterocycles. The number of hydrogen-bond donors (Lipinski definition) is 1. The Kier molecular flexibility index (Phi) is 5.54. The Morgan fingerprint density at radius 3 is 2.06 bits per heavy atom. The van der Waals surface area contributed by atoms with Crippen LogP contribution in [-0.2, 0) is 22.4 Å². The van der Waals surface area contributed by atoms with Gasteiger partial charge in [-0.2, -0.15) is 0 Å². The molecule has 32 heavy (non-hydrogen) atoms. The third-order valence-electron chi connectivity index (χ3n) is 5.60. The molecule has 1 N–H and O–H groups in total. The maximum absolute atomic E-state index is 11.4. The molecule has 0 aromatic heterocycles. The Morgan fingerprint density at radius 2 is 1.44 bits per heavy atom. The van der Waals surface area contributed by atoms with Gasteiger partial charge in [0.05, 0.1) is 17.1 Å². The summed E-state index contributed by atoms with van der Waals surface area (Å²) in [6.07, 6.45) is 3.06. The molecular weight excluding hydrogens is 398 g/mol. The Morgan fingerprint density at radius 1 is 0.844 bits per heavy atom. The third kappa shape index (κ3) is 4.05. The van der Waals surface area contributed by atoms with E-state index in [0.29, 0.717) is 25.2 Å². The van der Waals surface area contributed by atoms with Crippen LogP contribution in [-0.4, -0.2) is 23.2 Å². The number of nitrogens with one attached hydrogen (secondary N) is 1. The van der Waals surface area contributed by atoms with E-state index >= 15 is 0 Å². The SMILES string of the molecule is O=COC1=C(Cc2ccccc2)NC2C(Cc3ccccc3)=NC(c3ccccc3)=CN12. The second-order valence-electron chi connectivity index (χ2n) is 7.76. The molecule has 1 unspecified atom stereocenters. The molecule has 5 rings (SSSR count). The number of carbonyl (C=O) groups is 1. The lowest BCUT2D eigenvalue weighted by Gasteiger charge is -2.30. The van der Waals surface area contributed by atoms with Gasteiger partial charge in [0, 0.05) is 24.6 Å². The molecule has 0 aliphatic carbocycles. The zero-order valence-corrected chi connectivity index (χ0v) is 17.5. The molecule has 2 aliphatic rings. The molecule has 0 fully saturated rings. The van der Waals surface area contributed by atoms with Gasteiger partial charge in [0.1, 0.15) is 6.17 Å². The van der Waals surface area contributed by atoms with E-state index in [9.17, 15) is 4.79 Å². The van der Waals surface area contributed by atoms with Gasteiger partial charge in [0.2, 0.25) is 5.88 Å². The second kappa shape index (κ2) is 8.94. The van der Waals surface area contributed by atoms with Crippen molar-refractivity contribution in [1.29, 1.82) is 0 Å². The van der Waals surface area contributed by atoms with Gasteiger partial charge in [-0.05, 0) is 11.1 Å². The van der Waals surface area contributed by atoms with Crippen LogP contribution in [0.2, 0.25) is 0 Å². The minimum Gasteiger partial charge on any atom is -0.410 e. The van der Waals surface area contributed by atoms with Gasteiger partial charge in [-0.25, -0.2) is 0 Å². The van der Waals surface area contributed by atoms with Crippen molar-refractivity contribution in [3.63, 3.8) is 0 Å². The van der Waals surface area contributed by atoms with Crippen molar-refractivity contribution in [3.05, 3.63) is 125 Å². The van der Waals surface area contributed by atoms with Crippen LogP contribution in [0.15, 0.2) is 114 Å². The van der Waals surface area contributed by atoms with E-state index in [1.54, 1.807) is 0 Å². The number of carbonyl (C=O) groups excluding carboxylic acids is 1. The average Bonchev–Trinajstić information content (AvgIpc) is 3.18. The summed E-state index contributed by atoms with van der Waals surface area (Å²) >= 11 is 0. The highest BCUT2D eigenvalue weighted by atomic mass is 16.5. The zero-order chi connectivity index (χ0) is 21.8. The molecule has 1 atom stereocenters. The van der Waals surface area contributed by atoms with E-state index < -0.39 is 0 Å². The first kappa shape index (κ1) is 19.8. The van der Waals surface area contributed by atoms with Crippen LogP contribution in [0.4, 0.5) is 0 Å². The monoisotopic (exact) mass is 421 g/mol. The molecule has 2 aliphatic heterocycles. The molecule has 5 nitrogen and oxygen atoms in total. The number of fused-ring (bicyclic) bond motifs is 1. The van der Waals surface area contributed by atoms with E-state index in [1.807, 2.05) is 77.8 Å². The molecule has 0 saturated carbocycles. The van der Waals surface area contributed by atoms with Gasteiger partial charge in [0.15, 0.2) is 0 Å². The van der Waals surface area contributed by atoms with Crippen LogP contribution in [0, 0.1) is 0 Å². The number of nitrogens with zero attached hydrogens (tertiary/aromatic N) is 2. The molecule has 3 aromatic carbocycles. The average molecular weight is 422 g/mol. The lowest BCUT2D eigenvalue weighted by atomic mass is 10.0. The van der Waals surface area contributed by atoms with Crippen molar-refractivity contribution in [2.24, 2.45) is 4.99 Å². The van der Waals surface area contributed by atoms with Crippen LogP contribution in [0.25, 0.3) is 5.70 Å². The summed E-state index contributed by atoms with van der Waals surface area (Å²) in [5.41, 5.74) is 5.99. The normalized spacial score (nSPS) is 17.2. The molecule has 3 aromatic rings. The van der Waals surface area contributed by atoms with Gasteiger partial charge >= 0.3 is 0 Å². The molecule has 5 heteroatoms. The number of aliphatic imine (C=N–C) groups is 1. The molecule has 0 spiro atoms. The topological polar surface area (TPSA) is 53.9 Å². The van der Waals surface area contributed by atoms with Gasteiger partial charge in [-0.1, -0.05) is 91.0 Å². The van der Waals surface area contributed by atoms with Crippen LogP contribution in [0.1, 0.15) is 16.7 Å². The van der Waals surface area contributed by atoms with Gasteiger partial charge in [-0.15, -0.1) is 0 Å². The van der Waals surface area contributed by atoms with E-state index in [1.165, 1.54) is 5.56 Å². The van der Waals surface area contributed by atoms with Crippen LogP contribution < -0.4 is 5.32 Å². The van der Waals surface area contributed by atoms with Crippen molar-refractivity contribution < 1.29 is 9.53 Å². The van der Waals surface area contributed by atoms with Crippen LogP contribution >= 0.6 is 0 Å². The smallest absolute Gasteiger partial charge is 0.299 e. The second-order valence-corrected chi connectivity index (χ2v) is 7.76. The first-order valence-corrected chi connectivity index (χ1v) is 10.6. The fourth-order valence-electron chi connectivity index (χ4n) is 4.12. The molecule has 0 amide bonds. The highest BCUT2D eigenvalue weighted by Crippen LogP contribution is 2.32. The predicted octanol–water partition coefficient (Wildman–Crippen LogP) is 4.50. The van der Waals surface area contributed by atoms with Crippen molar-refractivity contribution in [2.45, 2.75) is 19.0 Å². The molecule has 0 radical (unpaired) electrons. The summed E-state index contributed by atoms with van der Waals surface area (Å²) in [5.74, 6) is 0.516. The maximum Gasteiger partial charge on any atom is 0.299 e. The number of hydrogen-bond acceptors (Lipinski definition) is 5. The van der Waals surface area contributed by atoms with Crippen LogP contribution in [0.3, 0.4) is 0 Å². The summed E-state index contributed by atoms with van der Waals surface area (Å²) in [4.78, 5) is 18.4. The molecule has 0 saturated heterocycles. The van der Waals surface area contributed by atoms with E-state index in [0.717, 1.165) is 28.2 Å². The predicted molar refractivity (Wildman–Crippen MR) is 125 cm³/mol. The fraction of sp³-hybridized carbons (Fsp3) is 0.111. The highest BCUT2D eigenvalue weighted by Gasteiger charge is 2.37. The Balaban J connectivity index is 1.55. The Bertz CT molecular complexity index is 1190. The minimum absolute atomic E-state index is 0.212. The summed E-state index contributed by atoms with van der Waals surface area (Å²) in [6, 6.07) is 30.5. The lowest BCUT2D eigenvalue weighted by molar-refractivity contribution is -0.126. The molecular formula is C27H23N3O2. The van der Waals surface area contributed by atoms with Crippen molar-refractivity contribution >= 4 is 17.9 Å². The molecule has 158 valence electrons. The number of benzene rings is 3. The number of rotatable bonds is 7. The Labute approximate surface area is 187 Å². The molecule has 0 bridgehead atoms. The van der Waals surface area contributed by atoms with E-state index in [4.69, 9.17) is 9.73 Å².